The first kappa shape index (κ1) is 16.9. The number of nitrogens with two attached hydrogens (primary N) is 1. The molecule has 0 aliphatic carbocycles. The first-order chi connectivity index (χ1) is 9.29. The van der Waals surface area contributed by atoms with E-state index in [9.17, 15) is 4.79 Å². The molecule has 0 bridgehead atoms. The number of carbonyl (C=O) groups excluding carboxylic acids is 1. The van der Waals surface area contributed by atoms with E-state index in [1.54, 1.807) is 6.07 Å². The van der Waals surface area contributed by atoms with E-state index in [0.717, 1.165) is 11.1 Å². The Morgan fingerprint density at radius 1 is 1.50 bits per heavy atom. The molecule has 3 N–H and O–H groups in total. The van der Waals surface area contributed by atoms with Gasteiger partial charge in [-0.1, -0.05) is 36.0 Å². The summed E-state index contributed by atoms with van der Waals surface area (Å²) in [5.41, 5.74) is 7.24. The summed E-state index contributed by atoms with van der Waals surface area (Å²) >= 11 is 11.1. The predicted octanol–water partition coefficient (Wildman–Crippen LogP) is 1.93. The third-order valence-corrected chi connectivity index (χ3v) is 3.23. The summed E-state index contributed by atoms with van der Waals surface area (Å²) in [4.78, 5) is 13.9. The van der Waals surface area contributed by atoms with E-state index in [0.29, 0.717) is 23.1 Å². The number of nitrogens with one attached hydrogen (secondary N) is 1. The summed E-state index contributed by atoms with van der Waals surface area (Å²) < 4.78 is 0. The van der Waals surface area contributed by atoms with Crippen molar-refractivity contribution in [3.8, 4) is 0 Å². The van der Waals surface area contributed by atoms with Gasteiger partial charge in [-0.2, -0.15) is 0 Å². The molecule has 0 saturated carbocycles. The molecule has 1 aromatic carbocycles. The Morgan fingerprint density at radius 3 is 2.65 bits per heavy atom. The summed E-state index contributed by atoms with van der Waals surface area (Å²) in [5, 5.41) is 3.45. The van der Waals surface area contributed by atoms with Crippen LogP contribution in [0.25, 0.3) is 0 Å². The van der Waals surface area contributed by atoms with E-state index in [1.807, 2.05) is 37.9 Å². The molecule has 0 aliphatic heterocycles. The summed E-state index contributed by atoms with van der Waals surface area (Å²) in [6.07, 6.45) is 0. The van der Waals surface area contributed by atoms with Crippen molar-refractivity contribution in [1.82, 2.24) is 10.2 Å². The van der Waals surface area contributed by atoms with Crippen LogP contribution in [0.4, 0.5) is 0 Å². The van der Waals surface area contributed by atoms with Crippen LogP contribution in [0.15, 0.2) is 18.2 Å². The third kappa shape index (κ3) is 5.45. The minimum atomic E-state index is -0.00150. The van der Waals surface area contributed by atoms with Crippen LogP contribution >= 0.6 is 23.8 Å². The number of hydrogen-bond donors (Lipinski definition) is 2. The number of thiocarbonyl (C=S) groups is 1. The number of likely N-dealkylation sites (N-methyl/N-ethyl adjacent to an activating group) is 1. The van der Waals surface area contributed by atoms with Gasteiger partial charge >= 0.3 is 0 Å². The van der Waals surface area contributed by atoms with Gasteiger partial charge in [-0.25, -0.2) is 0 Å². The molecule has 110 valence electrons. The van der Waals surface area contributed by atoms with Gasteiger partial charge in [0.05, 0.1) is 6.54 Å². The number of rotatable bonds is 6. The van der Waals surface area contributed by atoms with Gasteiger partial charge in [-0.3, -0.25) is 9.69 Å². The second-order valence-corrected chi connectivity index (χ2v) is 5.91. The van der Waals surface area contributed by atoms with Gasteiger partial charge in [0.15, 0.2) is 0 Å². The first-order valence-corrected chi connectivity index (χ1v) is 7.14. The highest BCUT2D eigenvalue weighted by Gasteiger charge is 2.10. The number of amides is 1. The van der Waals surface area contributed by atoms with Crippen LogP contribution in [0, 0.1) is 0 Å². The van der Waals surface area contributed by atoms with Crippen LogP contribution in [0.3, 0.4) is 0 Å². The van der Waals surface area contributed by atoms with E-state index >= 15 is 0 Å². The topological polar surface area (TPSA) is 58.4 Å². The Hall–Kier alpha value is -1.17. The van der Waals surface area contributed by atoms with Crippen molar-refractivity contribution in [1.29, 1.82) is 0 Å². The predicted molar refractivity (Wildman–Crippen MR) is 87.0 cm³/mol. The Labute approximate surface area is 130 Å². The minimum Gasteiger partial charge on any atom is -0.389 e. The van der Waals surface area contributed by atoms with Crippen molar-refractivity contribution in [3.05, 3.63) is 34.3 Å². The Kier molecular flexibility index (Phi) is 6.39. The standard InChI is InChI=1S/C14H20ClN3OS/c1-9(2)17-13(19)8-18(3)7-11-5-4-10(14(16)20)6-12(11)15/h4-6,9H,7-8H2,1-3H3,(H2,16,20)(H,17,19). The van der Waals surface area contributed by atoms with E-state index in [-0.39, 0.29) is 11.9 Å². The zero-order valence-corrected chi connectivity index (χ0v) is 13.5. The fourth-order valence-electron chi connectivity index (χ4n) is 1.79. The lowest BCUT2D eigenvalue weighted by atomic mass is 10.1. The molecule has 0 aliphatic rings. The summed E-state index contributed by atoms with van der Waals surface area (Å²) in [5.74, 6) is -0.00150. The smallest absolute Gasteiger partial charge is 0.234 e. The molecule has 1 amide bonds. The third-order valence-electron chi connectivity index (χ3n) is 2.64. The molecule has 0 atom stereocenters. The molecular formula is C14H20ClN3OS. The lowest BCUT2D eigenvalue weighted by Crippen LogP contribution is -2.38. The number of benzene rings is 1. The van der Waals surface area contributed by atoms with Gasteiger partial charge in [0.2, 0.25) is 5.91 Å². The van der Waals surface area contributed by atoms with Gasteiger partial charge in [0.25, 0.3) is 0 Å². The minimum absolute atomic E-state index is 0.00150. The van der Waals surface area contributed by atoms with Crippen molar-refractivity contribution in [2.45, 2.75) is 26.4 Å². The van der Waals surface area contributed by atoms with Crippen LogP contribution in [-0.4, -0.2) is 35.4 Å². The van der Waals surface area contributed by atoms with Crippen molar-refractivity contribution in [2.24, 2.45) is 5.73 Å². The molecule has 0 radical (unpaired) electrons. The highest BCUT2D eigenvalue weighted by molar-refractivity contribution is 7.80. The number of hydrogen-bond acceptors (Lipinski definition) is 3. The van der Waals surface area contributed by atoms with E-state index in [1.165, 1.54) is 0 Å². The molecule has 1 rings (SSSR count). The largest absolute Gasteiger partial charge is 0.389 e. The molecule has 0 unspecified atom stereocenters. The zero-order chi connectivity index (χ0) is 15.3. The first-order valence-electron chi connectivity index (χ1n) is 6.35. The van der Waals surface area contributed by atoms with Gasteiger partial charge < -0.3 is 11.1 Å². The monoisotopic (exact) mass is 313 g/mol. The van der Waals surface area contributed by atoms with Crippen molar-refractivity contribution >= 4 is 34.7 Å². The molecule has 6 heteroatoms. The van der Waals surface area contributed by atoms with Gasteiger partial charge in [0.1, 0.15) is 4.99 Å². The number of halogens is 1. The highest BCUT2D eigenvalue weighted by atomic mass is 35.5. The fourth-order valence-corrected chi connectivity index (χ4v) is 2.16. The summed E-state index contributed by atoms with van der Waals surface area (Å²) in [6, 6.07) is 5.62. The van der Waals surface area contributed by atoms with Gasteiger partial charge in [0, 0.05) is 23.2 Å². The van der Waals surface area contributed by atoms with E-state index in [2.05, 4.69) is 5.32 Å². The molecule has 4 nitrogen and oxygen atoms in total. The zero-order valence-electron chi connectivity index (χ0n) is 11.9. The van der Waals surface area contributed by atoms with Crippen molar-refractivity contribution < 1.29 is 4.79 Å². The Bertz CT molecular complexity index is 505. The van der Waals surface area contributed by atoms with Gasteiger partial charge in [-0.15, -0.1) is 0 Å². The quantitative estimate of drug-likeness (QED) is 0.788. The molecule has 0 heterocycles. The second-order valence-electron chi connectivity index (χ2n) is 5.06. The molecule has 0 fully saturated rings. The average molecular weight is 314 g/mol. The van der Waals surface area contributed by atoms with E-state index in [4.69, 9.17) is 29.6 Å². The molecular weight excluding hydrogens is 294 g/mol. The summed E-state index contributed by atoms with van der Waals surface area (Å²) in [6.45, 7) is 4.78. The maximum Gasteiger partial charge on any atom is 0.234 e. The molecule has 20 heavy (non-hydrogen) atoms. The normalized spacial score (nSPS) is 10.9. The van der Waals surface area contributed by atoms with Crippen molar-refractivity contribution in [2.75, 3.05) is 13.6 Å². The Morgan fingerprint density at radius 2 is 2.15 bits per heavy atom. The molecule has 0 aromatic heterocycles. The van der Waals surface area contributed by atoms with Crippen LogP contribution in [0.5, 0.6) is 0 Å². The average Bonchev–Trinajstić information content (AvgIpc) is 2.30. The second kappa shape index (κ2) is 7.57. The summed E-state index contributed by atoms with van der Waals surface area (Å²) in [7, 11) is 1.87. The molecule has 0 saturated heterocycles. The highest BCUT2D eigenvalue weighted by Crippen LogP contribution is 2.19. The Balaban J connectivity index is 2.64. The van der Waals surface area contributed by atoms with Gasteiger partial charge in [-0.05, 0) is 32.5 Å². The SMILES string of the molecule is CC(C)NC(=O)CN(C)Cc1ccc(C(N)=S)cc1Cl. The number of nitrogens with zero attached hydrogens (tertiary/aromatic N) is 1. The van der Waals surface area contributed by atoms with Crippen molar-refractivity contribution in [3.63, 3.8) is 0 Å². The van der Waals surface area contributed by atoms with Crippen LogP contribution < -0.4 is 11.1 Å². The maximum absolute atomic E-state index is 11.7. The molecule has 1 aromatic rings. The van der Waals surface area contributed by atoms with Crippen LogP contribution in [0.2, 0.25) is 5.02 Å². The lowest BCUT2D eigenvalue weighted by Gasteiger charge is -2.18. The lowest BCUT2D eigenvalue weighted by molar-refractivity contribution is -0.122. The fraction of sp³-hybridized carbons (Fsp3) is 0.429. The van der Waals surface area contributed by atoms with E-state index < -0.39 is 0 Å². The van der Waals surface area contributed by atoms with Crippen LogP contribution in [0.1, 0.15) is 25.0 Å². The van der Waals surface area contributed by atoms with Crippen LogP contribution in [-0.2, 0) is 11.3 Å². The maximum atomic E-state index is 11.7. The molecule has 0 spiro atoms. The number of carbonyl (C=O) groups is 1.